The Hall–Kier alpha value is -0.200. The van der Waals surface area contributed by atoms with Gasteiger partial charge in [0.1, 0.15) is 0 Å². The van der Waals surface area contributed by atoms with Crippen LogP contribution in [0.1, 0.15) is 6.42 Å². The molecule has 2 nitrogen and oxygen atoms in total. The molecule has 0 N–H and O–H groups in total. The molecule has 1 aliphatic heterocycles. The van der Waals surface area contributed by atoms with E-state index in [1.54, 1.807) is 22.6 Å². The maximum absolute atomic E-state index is 12.6. The van der Waals surface area contributed by atoms with Crippen LogP contribution in [-0.4, -0.2) is 27.7 Å². The van der Waals surface area contributed by atoms with Crippen LogP contribution in [0.2, 0.25) is 0 Å². The van der Waals surface area contributed by atoms with E-state index in [1.807, 2.05) is 0 Å². The van der Waals surface area contributed by atoms with Crippen molar-refractivity contribution >= 4 is 26.4 Å². The second-order valence-electron chi connectivity index (χ2n) is 2.70. The zero-order valence-corrected chi connectivity index (χ0v) is 8.42. The first-order chi connectivity index (χ1) is 5.49. The number of hydrogen-bond acceptors (Lipinski definition) is 2. The van der Waals surface area contributed by atoms with Crippen LogP contribution in [0.5, 0.6) is 0 Å². The van der Waals surface area contributed by atoms with Gasteiger partial charge in [0.2, 0.25) is 3.79 Å². The van der Waals surface area contributed by atoms with E-state index in [4.69, 9.17) is 0 Å². The second kappa shape index (κ2) is 3.68. The van der Waals surface area contributed by atoms with Gasteiger partial charge in [0.15, 0.2) is 0 Å². The Morgan fingerprint density at radius 1 is 1.58 bits per heavy atom. The Morgan fingerprint density at radius 3 is 2.67 bits per heavy atom. The molecule has 0 radical (unpaired) electrons. The highest BCUT2D eigenvalue weighted by Gasteiger charge is 2.36. The summed E-state index contributed by atoms with van der Waals surface area (Å²) in [6.45, 7) is 0.0564. The van der Waals surface area contributed by atoms with E-state index in [9.17, 15) is 13.6 Å². The fourth-order valence-corrected chi connectivity index (χ4v) is 1.21. The van der Waals surface area contributed by atoms with Crippen LogP contribution in [0.15, 0.2) is 12.3 Å². The van der Waals surface area contributed by atoms with Crippen molar-refractivity contribution in [3.63, 3.8) is 0 Å². The first-order valence-corrected chi connectivity index (χ1v) is 4.57. The molecule has 0 bridgehead atoms. The molecule has 1 heterocycles. The van der Waals surface area contributed by atoms with Gasteiger partial charge in [-0.05, 0) is 0 Å². The molecular weight excluding hydrogens is 279 g/mol. The summed E-state index contributed by atoms with van der Waals surface area (Å²) < 4.78 is 25.0. The molecule has 1 rings (SSSR count). The number of carbonyl (C=O) groups excluding carboxylic acids is 1. The summed E-state index contributed by atoms with van der Waals surface area (Å²) >= 11 is 1.60. The number of carbonyl (C=O) groups is 1. The molecule has 0 saturated carbocycles. The minimum absolute atomic E-state index is 0.118. The van der Waals surface area contributed by atoms with E-state index >= 15 is 0 Å². The number of halogens is 3. The first-order valence-electron chi connectivity index (χ1n) is 3.49. The minimum atomic E-state index is -2.58. The zero-order valence-electron chi connectivity index (χ0n) is 6.27. The van der Waals surface area contributed by atoms with Crippen molar-refractivity contribution in [3.8, 4) is 0 Å². The summed E-state index contributed by atoms with van der Waals surface area (Å²) in [6, 6.07) is 0. The highest BCUT2D eigenvalue weighted by molar-refractivity contribution is 14.1. The van der Waals surface area contributed by atoms with E-state index < -0.39 is 5.92 Å². The molecule has 5 heteroatoms. The molecule has 68 valence electrons. The molecule has 0 amide bonds. The lowest BCUT2D eigenvalue weighted by molar-refractivity contribution is -0.105. The van der Waals surface area contributed by atoms with Crippen molar-refractivity contribution in [2.24, 2.45) is 0 Å². The fourth-order valence-electron chi connectivity index (χ4n) is 1.05. The normalized spacial score (nSPS) is 22.1. The van der Waals surface area contributed by atoms with Crippen LogP contribution in [0.4, 0.5) is 8.78 Å². The second-order valence-corrected chi connectivity index (χ2v) is 3.76. The molecule has 1 aliphatic rings. The standard InChI is InChI=1S/C7H8F2INO/c8-7(9)2-4-11(5-7)3-1-6(10)12/h1,3H,2,4-5H2/b3-1+. The van der Waals surface area contributed by atoms with Gasteiger partial charge >= 0.3 is 0 Å². The van der Waals surface area contributed by atoms with Crippen LogP contribution < -0.4 is 0 Å². The Kier molecular flexibility index (Phi) is 3.03. The first kappa shape index (κ1) is 9.88. The van der Waals surface area contributed by atoms with Gasteiger partial charge in [-0.2, -0.15) is 0 Å². The number of likely N-dealkylation sites (tertiary alicyclic amines) is 1. The Balaban J connectivity index is 2.43. The van der Waals surface area contributed by atoms with Crippen LogP contribution >= 0.6 is 22.6 Å². The smallest absolute Gasteiger partial charge is 0.266 e. The molecule has 0 atom stereocenters. The van der Waals surface area contributed by atoms with Crippen LogP contribution in [-0.2, 0) is 4.79 Å². The summed E-state index contributed by atoms with van der Waals surface area (Å²) in [5.41, 5.74) is 0. The summed E-state index contributed by atoms with van der Waals surface area (Å²) in [6.07, 6.45) is 2.60. The minimum Gasteiger partial charge on any atom is -0.371 e. The lowest BCUT2D eigenvalue weighted by Crippen LogP contribution is -2.20. The predicted octanol–water partition coefficient (Wildman–Crippen LogP) is 1.80. The zero-order chi connectivity index (χ0) is 9.19. The van der Waals surface area contributed by atoms with Crippen molar-refractivity contribution in [3.05, 3.63) is 12.3 Å². The lowest BCUT2D eigenvalue weighted by atomic mass is 10.3. The van der Waals surface area contributed by atoms with Gasteiger partial charge in [-0.25, -0.2) is 8.78 Å². The average Bonchev–Trinajstić information content (AvgIpc) is 2.26. The number of rotatable bonds is 2. The molecule has 12 heavy (non-hydrogen) atoms. The van der Waals surface area contributed by atoms with Crippen molar-refractivity contribution in [1.82, 2.24) is 4.90 Å². The third kappa shape index (κ3) is 3.04. The third-order valence-corrected chi connectivity index (χ3v) is 1.98. The largest absolute Gasteiger partial charge is 0.371 e. The Morgan fingerprint density at radius 2 is 2.25 bits per heavy atom. The maximum atomic E-state index is 12.6. The molecular formula is C7H8F2INO. The topological polar surface area (TPSA) is 20.3 Å². The van der Waals surface area contributed by atoms with Gasteiger partial charge in [-0.15, -0.1) is 0 Å². The highest BCUT2D eigenvalue weighted by Crippen LogP contribution is 2.26. The van der Waals surface area contributed by atoms with Gasteiger partial charge < -0.3 is 4.90 Å². The number of nitrogens with zero attached hydrogens (tertiary/aromatic N) is 1. The van der Waals surface area contributed by atoms with Crippen LogP contribution in [0, 0.1) is 0 Å². The molecule has 1 fully saturated rings. The molecule has 0 aromatic rings. The Labute approximate surface area is 82.7 Å². The summed E-state index contributed by atoms with van der Waals surface area (Å²) in [5.74, 6) is -2.58. The summed E-state index contributed by atoms with van der Waals surface area (Å²) in [7, 11) is 0. The van der Waals surface area contributed by atoms with E-state index in [-0.39, 0.29) is 16.8 Å². The van der Waals surface area contributed by atoms with Gasteiger partial charge in [0, 0.05) is 47.8 Å². The van der Waals surface area contributed by atoms with Crippen LogP contribution in [0.25, 0.3) is 0 Å². The maximum Gasteiger partial charge on any atom is 0.266 e. The molecule has 0 aromatic carbocycles. The van der Waals surface area contributed by atoms with E-state index in [1.165, 1.54) is 17.2 Å². The third-order valence-electron chi connectivity index (χ3n) is 1.62. The monoisotopic (exact) mass is 287 g/mol. The predicted molar refractivity (Wildman–Crippen MR) is 49.3 cm³/mol. The molecule has 1 saturated heterocycles. The van der Waals surface area contributed by atoms with Crippen molar-refractivity contribution in [2.45, 2.75) is 12.3 Å². The number of hydrogen-bond donors (Lipinski definition) is 0. The van der Waals surface area contributed by atoms with Gasteiger partial charge in [-0.1, -0.05) is 0 Å². The molecule has 0 spiro atoms. The fraction of sp³-hybridized carbons (Fsp3) is 0.571. The van der Waals surface area contributed by atoms with Crippen molar-refractivity contribution < 1.29 is 13.6 Å². The summed E-state index contributed by atoms with van der Waals surface area (Å²) in [5, 5.41) is 0. The summed E-state index contributed by atoms with van der Waals surface area (Å²) in [4.78, 5) is 11.9. The molecule has 0 aliphatic carbocycles. The van der Waals surface area contributed by atoms with Gasteiger partial charge in [-0.3, -0.25) is 4.79 Å². The van der Waals surface area contributed by atoms with E-state index in [2.05, 4.69) is 0 Å². The molecule has 0 unspecified atom stereocenters. The highest BCUT2D eigenvalue weighted by atomic mass is 127. The molecule has 0 aromatic heterocycles. The SMILES string of the molecule is O=C(I)/C=C/N1CCC(F)(F)C1. The van der Waals surface area contributed by atoms with E-state index in [0.29, 0.717) is 6.54 Å². The van der Waals surface area contributed by atoms with Gasteiger partial charge in [0.05, 0.1) is 6.54 Å². The van der Waals surface area contributed by atoms with Crippen molar-refractivity contribution in [2.75, 3.05) is 13.1 Å². The lowest BCUT2D eigenvalue weighted by Gasteiger charge is -2.11. The Bertz CT molecular complexity index is 217. The number of allylic oxidation sites excluding steroid dienone is 1. The van der Waals surface area contributed by atoms with Crippen molar-refractivity contribution in [1.29, 1.82) is 0 Å². The quantitative estimate of drug-likeness (QED) is 0.438. The van der Waals surface area contributed by atoms with Gasteiger partial charge in [0.25, 0.3) is 5.92 Å². The van der Waals surface area contributed by atoms with Crippen LogP contribution in [0.3, 0.4) is 0 Å². The van der Waals surface area contributed by atoms with E-state index in [0.717, 1.165) is 0 Å². The average molecular weight is 287 g/mol. The number of alkyl halides is 2.